The Kier molecular flexibility index (Phi) is 4.05. The molecule has 1 fully saturated rings. The Morgan fingerprint density at radius 1 is 1.19 bits per heavy atom. The van der Waals surface area contributed by atoms with Crippen molar-refractivity contribution >= 4 is 17.0 Å². The van der Waals surface area contributed by atoms with Crippen LogP contribution in [0.4, 0.5) is 5.82 Å². The van der Waals surface area contributed by atoms with Gasteiger partial charge in [0.15, 0.2) is 11.5 Å². The summed E-state index contributed by atoms with van der Waals surface area (Å²) < 4.78 is 2.07. The second-order valence-electron chi connectivity index (χ2n) is 6.27. The van der Waals surface area contributed by atoms with Crippen LogP contribution in [0.2, 0.25) is 0 Å². The first kappa shape index (κ1) is 14.3. The predicted octanol–water partition coefficient (Wildman–Crippen LogP) is 1.78. The minimum Gasteiger partial charge on any atom is -0.382 e. The van der Waals surface area contributed by atoms with E-state index in [-0.39, 0.29) is 0 Å². The van der Waals surface area contributed by atoms with E-state index in [2.05, 4.69) is 38.3 Å². The van der Waals surface area contributed by atoms with Gasteiger partial charge in [-0.2, -0.15) is 0 Å². The summed E-state index contributed by atoms with van der Waals surface area (Å²) in [5, 5.41) is 0. The smallest absolute Gasteiger partial charge is 0.165 e. The molecule has 3 rings (SSSR count). The third kappa shape index (κ3) is 3.00. The summed E-state index contributed by atoms with van der Waals surface area (Å²) in [5.41, 5.74) is 7.35. The number of rotatable bonds is 4. The number of hydrogen-bond acceptors (Lipinski definition) is 5. The van der Waals surface area contributed by atoms with E-state index in [1.165, 1.54) is 25.8 Å². The van der Waals surface area contributed by atoms with Gasteiger partial charge in [-0.15, -0.1) is 0 Å². The number of imidazole rings is 1. The highest BCUT2D eigenvalue weighted by atomic mass is 15.2. The van der Waals surface area contributed by atoms with E-state index >= 15 is 0 Å². The Bertz CT molecular complexity index is 607. The largest absolute Gasteiger partial charge is 0.382 e. The lowest BCUT2D eigenvalue weighted by Crippen LogP contribution is -2.39. The van der Waals surface area contributed by atoms with Gasteiger partial charge in [0.1, 0.15) is 11.8 Å². The van der Waals surface area contributed by atoms with Crippen LogP contribution in [0.3, 0.4) is 0 Å². The molecule has 0 amide bonds. The predicted molar refractivity (Wildman–Crippen MR) is 83.7 cm³/mol. The molecule has 0 aliphatic carbocycles. The maximum atomic E-state index is 5.81. The maximum absolute atomic E-state index is 5.81. The van der Waals surface area contributed by atoms with Gasteiger partial charge in [-0.3, -0.25) is 0 Å². The summed E-state index contributed by atoms with van der Waals surface area (Å²) in [7, 11) is 0. The van der Waals surface area contributed by atoms with E-state index in [9.17, 15) is 0 Å². The molecule has 0 spiro atoms. The highest BCUT2D eigenvalue weighted by molar-refractivity contribution is 5.80. The van der Waals surface area contributed by atoms with Crippen LogP contribution in [0.5, 0.6) is 0 Å². The minimum atomic E-state index is 0.456. The van der Waals surface area contributed by atoms with Gasteiger partial charge in [0.2, 0.25) is 0 Å². The van der Waals surface area contributed by atoms with Crippen LogP contribution in [0, 0.1) is 11.8 Å². The minimum absolute atomic E-state index is 0.456. The van der Waals surface area contributed by atoms with Crippen LogP contribution < -0.4 is 5.73 Å². The number of nitrogens with zero attached hydrogens (tertiary/aromatic N) is 5. The number of likely N-dealkylation sites (tertiary alicyclic amines) is 1. The fourth-order valence-corrected chi connectivity index (χ4v) is 3.08. The molecule has 2 aromatic rings. The molecular weight excluding hydrogens is 264 g/mol. The van der Waals surface area contributed by atoms with Crippen molar-refractivity contribution in [3.63, 3.8) is 0 Å². The third-order valence-corrected chi connectivity index (χ3v) is 4.72. The van der Waals surface area contributed by atoms with E-state index < -0.39 is 0 Å². The highest BCUT2D eigenvalue weighted by Crippen LogP contribution is 2.22. The van der Waals surface area contributed by atoms with Crippen molar-refractivity contribution in [2.45, 2.75) is 33.2 Å². The molecule has 6 heteroatoms. The van der Waals surface area contributed by atoms with Crippen molar-refractivity contribution in [2.75, 3.05) is 25.4 Å². The maximum Gasteiger partial charge on any atom is 0.165 e. The molecule has 1 saturated heterocycles. The van der Waals surface area contributed by atoms with Gasteiger partial charge in [-0.25, -0.2) is 15.0 Å². The molecule has 6 nitrogen and oxygen atoms in total. The molecule has 21 heavy (non-hydrogen) atoms. The Morgan fingerprint density at radius 2 is 2.05 bits per heavy atom. The molecule has 0 bridgehead atoms. The van der Waals surface area contributed by atoms with Gasteiger partial charge in [0.25, 0.3) is 0 Å². The number of anilines is 1. The average molecular weight is 288 g/mol. The molecule has 0 radical (unpaired) electrons. The van der Waals surface area contributed by atoms with E-state index in [1.54, 1.807) is 0 Å². The van der Waals surface area contributed by atoms with Gasteiger partial charge in [-0.1, -0.05) is 13.8 Å². The molecule has 1 aliphatic heterocycles. The zero-order valence-corrected chi connectivity index (χ0v) is 12.9. The Labute approximate surface area is 125 Å². The van der Waals surface area contributed by atoms with E-state index in [1.807, 2.05) is 6.33 Å². The zero-order valence-electron chi connectivity index (χ0n) is 12.9. The topological polar surface area (TPSA) is 72.9 Å². The molecule has 2 N–H and O–H groups in total. The fraction of sp³-hybridized carbons (Fsp3) is 0.667. The van der Waals surface area contributed by atoms with Crippen molar-refractivity contribution in [2.24, 2.45) is 11.8 Å². The van der Waals surface area contributed by atoms with E-state index in [0.717, 1.165) is 37.0 Å². The Hall–Kier alpha value is -1.69. The highest BCUT2D eigenvalue weighted by Gasteiger charge is 2.22. The summed E-state index contributed by atoms with van der Waals surface area (Å²) in [4.78, 5) is 15.1. The molecule has 3 heterocycles. The summed E-state index contributed by atoms with van der Waals surface area (Å²) in [6.07, 6.45) is 5.75. The number of nitrogens with two attached hydrogens (primary N) is 1. The number of aromatic nitrogens is 4. The molecule has 1 aliphatic rings. The van der Waals surface area contributed by atoms with Crippen molar-refractivity contribution in [3.05, 3.63) is 12.7 Å². The van der Waals surface area contributed by atoms with E-state index in [0.29, 0.717) is 11.3 Å². The molecule has 0 aromatic carbocycles. The summed E-state index contributed by atoms with van der Waals surface area (Å²) >= 11 is 0. The van der Waals surface area contributed by atoms with Crippen LogP contribution in [0.15, 0.2) is 12.7 Å². The summed E-state index contributed by atoms with van der Waals surface area (Å²) in [6.45, 7) is 9.24. The normalized spacial score (nSPS) is 23.7. The number of fused-ring (bicyclic) bond motifs is 1. The number of nitrogen functional groups attached to an aromatic ring is 1. The monoisotopic (exact) mass is 288 g/mol. The Morgan fingerprint density at radius 3 is 2.86 bits per heavy atom. The summed E-state index contributed by atoms with van der Waals surface area (Å²) in [6, 6.07) is 0. The van der Waals surface area contributed by atoms with Gasteiger partial charge in [-0.05, 0) is 37.8 Å². The first-order valence-corrected chi connectivity index (χ1v) is 7.79. The molecule has 2 unspecified atom stereocenters. The third-order valence-electron chi connectivity index (χ3n) is 4.72. The summed E-state index contributed by atoms with van der Waals surface area (Å²) in [5.74, 6) is 2.12. The van der Waals surface area contributed by atoms with Crippen molar-refractivity contribution in [1.29, 1.82) is 0 Å². The van der Waals surface area contributed by atoms with Gasteiger partial charge in [0, 0.05) is 13.1 Å². The average Bonchev–Trinajstić information content (AvgIpc) is 2.88. The molecule has 2 aromatic heterocycles. The van der Waals surface area contributed by atoms with Gasteiger partial charge >= 0.3 is 0 Å². The lowest BCUT2D eigenvalue weighted by Gasteiger charge is -2.35. The van der Waals surface area contributed by atoms with Gasteiger partial charge < -0.3 is 15.2 Å². The SMILES string of the molecule is CC1CCN(CCCn2cnc3c(N)ncnc32)CC1C. The zero-order chi connectivity index (χ0) is 14.8. The number of aryl methyl sites for hydroxylation is 1. The lowest BCUT2D eigenvalue weighted by atomic mass is 9.89. The van der Waals surface area contributed by atoms with Crippen LogP contribution >= 0.6 is 0 Å². The number of hydrogen-bond donors (Lipinski definition) is 1. The lowest BCUT2D eigenvalue weighted by molar-refractivity contribution is 0.136. The van der Waals surface area contributed by atoms with Crippen LogP contribution in [-0.2, 0) is 6.54 Å². The molecular formula is C15H24N6. The van der Waals surface area contributed by atoms with Crippen LogP contribution in [0.25, 0.3) is 11.2 Å². The standard InChI is InChI=1S/C15H24N6/c1-11-4-7-20(8-12(11)2)5-3-6-21-10-19-13-14(16)17-9-18-15(13)21/h9-12H,3-8H2,1-2H3,(H2,16,17,18). The molecule has 0 saturated carbocycles. The quantitative estimate of drug-likeness (QED) is 0.928. The van der Waals surface area contributed by atoms with Crippen molar-refractivity contribution < 1.29 is 0 Å². The van der Waals surface area contributed by atoms with Crippen LogP contribution in [-0.4, -0.2) is 44.1 Å². The van der Waals surface area contributed by atoms with Crippen molar-refractivity contribution in [1.82, 2.24) is 24.4 Å². The first-order valence-electron chi connectivity index (χ1n) is 7.79. The fourth-order valence-electron chi connectivity index (χ4n) is 3.08. The van der Waals surface area contributed by atoms with E-state index in [4.69, 9.17) is 5.73 Å². The van der Waals surface area contributed by atoms with Crippen LogP contribution in [0.1, 0.15) is 26.7 Å². The van der Waals surface area contributed by atoms with Gasteiger partial charge in [0.05, 0.1) is 6.33 Å². The second-order valence-corrected chi connectivity index (χ2v) is 6.27. The molecule has 114 valence electrons. The molecule has 2 atom stereocenters. The first-order chi connectivity index (χ1) is 10.1. The Balaban J connectivity index is 1.56. The number of piperidine rings is 1. The van der Waals surface area contributed by atoms with Crippen molar-refractivity contribution in [3.8, 4) is 0 Å². The second kappa shape index (κ2) is 5.97.